The molecule has 0 aliphatic heterocycles. The van der Waals surface area contributed by atoms with Gasteiger partial charge in [-0.1, -0.05) is 12.1 Å². The number of carbonyl (C=O) groups excluding carboxylic acids is 2. The van der Waals surface area contributed by atoms with E-state index in [1.54, 1.807) is 24.3 Å². The topological polar surface area (TPSA) is 80.3 Å². The van der Waals surface area contributed by atoms with Crippen molar-refractivity contribution < 1.29 is 14.3 Å². The molecule has 4 aliphatic carbocycles. The maximum absolute atomic E-state index is 12.7. The molecule has 0 saturated heterocycles. The molecule has 6 heteroatoms. The van der Waals surface area contributed by atoms with Crippen molar-refractivity contribution in [1.29, 1.82) is 0 Å². The van der Waals surface area contributed by atoms with Crippen molar-refractivity contribution in [3.8, 4) is 0 Å². The summed E-state index contributed by atoms with van der Waals surface area (Å²) in [4.78, 5) is 28.8. The van der Waals surface area contributed by atoms with E-state index in [4.69, 9.17) is 4.74 Å². The summed E-state index contributed by atoms with van der Waals surface area (Å²) in [6.07, 6.45) is 10.0. The molecule has 184 valence electrons. The third-order valence-electron chi connectivity index (χ3n) is 8.42. The zero-order valence-electron chi connectivity index (χ0n) is 20.5. The Labute approximate surface area is 211 Å². The zero-order valence-corrected chi connectivity index (χ0v) is 20.5. The van der Waals surface area contributed by atoms with Crippen LogP contribution >= 0.6 is 0 Å². The Kier molecular flexibility index (Phi) is 5.75. The molecule has 0 radical (unpaired) electrons. The molecule has 2 aromatic carbocycles. The van der Waals surface area contributed by atoms with Crippen molar-refractivity contribution in [3.63, 3.8) is 0 Å². The van der Waals surface area contributed by atoms with Gasteiger partial charge in [-0.2, -0.15) is 0 Å². The maximum Gasteiger partial charge on any atom is 0.341 e. The van der Waals surface area contributed by atoms with Crippen LogP contribution in [-0.4, -0.2) is 24.0 Å². The average Bonchev–Trinajstić information content (AvgIpc) is 2.88. The van der Waals surface area contributed by atoms with E-state index in [0.29, 0.717) is 11.0 Å². The van der Waals surface area contributed by atoms with Crippen LogP contribution in [0.15, 0.2) is 66.9 Å². The summed E-state index contributed by atoms with van der Waals surface area (Å²) in [7, 11) is 1.29. The molecule has 1 aromatic heterocycles. The number of pyridine rings is 1. The minimum Gasteiger partial charge on any atom is -0.465 e. The number of benzene rings is 2. The van der Waals surface area contributed by atoms with E-state index in [0.717, 1.165) is 29.1 Å². The summed E-state index contributed by atoms with van der Waals surface area (Å²) >= 11 is 0. The van der Waals surface area contributed by atoms with Gasteiger partial charge in [-0.15, -0.1) is 0 Å². The van der Waals surface area contributed by atoms with Crippen molar-refractivity contribution in [3.05, 3.63) is 83.6 Å². The summed E-state index contributed by atoms with van der Waals surface area (Å²) in [5.41, 5.74) is 4.55. The first-order chi connectivity index (χ1) is 17.5. The largest absolute Gasteiger partial charge is 0.465 e. The van der Waals surface area contributed by atoms with Gasteiger partial charge in [0.25, 0.3) is 5.91 Å². The molecule has 1 heterocycles. The predicted molar refractivity (Wildman–Crippen MR) is 140 cm³/mol. The van der Waals surface area contributed by atoms with Crippen molar-refractivity contribution in [2.24, 2.45) is 17.8 Å². The molecule has 0 unspecified atom stereocenters. The Morgan fingerprint density at radius 2 is 1.44 bits per heavy atom. The monoisotopic (exact) mass is 481 g/mol. The lowest BCUT2D eigenvalue weighted by Gasteiger charge is -2.57. The Morgan fingerprint density at radius 3 is 2.03 bits per heavy atom. The smallest absolute Gasteiger partial charge is 0.341 e. The lowest BCUT2D eigenvalue weighted by atomic mass is 9.48. The Morgan fingerprint density at radius 1 is 0.861 bits per heavy atom. The number of amides is 1. The highest BCUT2D eigenvalue weighted by Crippen LogP contribution is 2.60. The molecular weight excluding hydrogens is 450 g/mol. The van der Waals surface area contributed by atoms with Crippen LogP contribution in [0.1, 0.15) is 64.8 Å². The molecule has 3 aromatic rings. The molecule has 7 rings (SSSR count). The van der Waals surface area contributed by atoms with Crippen LogP contribution < -0.4 is 10.6 Å². The fourth-order valence-electron chi connectivity index (χ4n) is 7.20. The highest BCUT2D eigenvalue weighted by atomic mass is 16.5. The van der Waals surface area contributed by atoms with Gasteiger partial charge in [0.1, 0.15) is 11.4 Å². The lowest BCUT2D eigenvalue weighted by molar-refractivity contribution is -0.00518. The summed E-state index contributed by atoms with van der Waals surface area (Å²) in [5, 5.41) is 6.15. The summed E-state index contributed by atoms with van der Waals surface area (Å²) < 4.78 is 4.77. The third-order valence-corrected chi connectivity index (χ3v) is 8.42. The molecule has 0 spiro atoms. The van der Waals surface area contributed by atoms with Gasteiger partial charge in [0.2, 0.25) is 0 Å². The van der Waals surface area contributed by atoms with Gasteiger partial charge in [-0.05, 0) is 116 Å². The summed E-state index contributed by atoms with van der Waals surface area (Å²) in [6, 6.07) is 19.5. The third kappa shape index (κ3) is 4.25. The highest BCUT2D eigenvalue weighted by molar-refractivity contribution is 6.07. The summed E-state index contributed by atoms with van der Waals surface area (Å²) in [6.45, 7) is 0. The van der Waals surface area contributed by atoms with E-state index in [2.05, 4.69) is 39.9 Å². The first-order valence-corrected chi connectivity index (χ1v) is 12.8. The van der Waals surface area contributed by atoms with Crippen molar-refractivity contribution in [2.75, 3.05) is 17.7 Å². The number of ether oxygens (including phenoxy) is 1. The van der Waals surface area contributed by atoms with Crippen LogP contribution in [-0.2, 0) is 10.2 Å². The standard InChI is InChI=1S/C30H31N3O3/c1-36-29(35)26-3-2-12-31-27(26)33-28(34)22-4-8-24(9-5-22)32-25-10-6-23(7-11-25)30-16-19-13-20(17-30)15-21(14-19)18-30/h2-12,19-21,32H,13-18H2,1H3,(H,31,33,34). The number of nitrogens with zero attached hydrogens (tertiary/aromatic N) is 1. The SMILES string of the molecule is COC(=O)c1cccnc1NC(=O)c1ccc(Nc2ccc(C34CC5CC(CC(C5)C3)C4)cc2)cc1. The van der Waals surface area contributed by atoms with Crippen LogP contribution in [0.2, 0.25) is 0 Å². The molecule has 6 nitrogen and oxygen atoms in total. The van der Waals surface area contributed by atoms with Gasteiger partial charge in [0.15, 0.2) is 0 Å². The number of anilines is 3. The Balaban J connectivity index is 1.11. The Bertz CT molecular complexity index is 1250. The molecular formula is C30H31N3O3. The molecule has 2 N–H and O–H groups in total. The molecule has 36 heavy (non-hydrogen) atoms. The van der Waals surface area contributed by atoms with Crippen molar-refractivity contribution in [1.82, 2.24) is 4.98 Å². The van der Waals surface area contributed by atoms with Crippen molar-refractivity contribution >= 4 is 29.1 Å². The number of hydrogen-bond acceptors (Lipinski definition) is 5. The minimum absolute atomic E-state index is 0.177. The first-order valence-electron chi connectivity index (χ1n) is 12.8. The molecule has 1 amide bonds. The molecule has 4 saturated carbocycles. The van der Waals surface area contributed by atoms with Crippen LogP contribution in [0.3, 0.4) is 0 Å². The second-order valence-corrected chi connectivity index (χ2v) is 10.8. The first kappa shape index (κ1) is 22.8. The second-order valence-electron chi connectivity index (χ2n) is 10.8. The second kappa shape index (κ2) is 9.08. The van der Waals surface area contributed by atoms with Crippen LogP contribution in [0.25, 0.3) is 0 Å². The van der Waals surface area contributed by atoms with Crippen molar-refractivity contribution in [2.45, 2.75) is 43.9 Å². The molecule has 4 bridgehead atoms. The van der Waals surface area contributed by atoms with Crippen LogP contribution in [0, 0.1) is 17.8 Å². The summed E-state index contributed by atoms with van der Waals surface area (Å²) in [5.74, 6) is 2.10. The number of methoxy groups -OCH3 is 1. The molecule has 0 atom stereocenters. The number of hydrogen-bond donors (Lipinski definition) is 2. The van der Waals surface area contributed by atoms with E-state index in [1.165, 1.54) is 57.4 Å². The van der Waals surface area contributed by atoms with Crippen LogP contribution in [0.5, 0.6) is 0 Å². The van der Waals surface area contributed by atoms with E-state index < -0.39 is 5.97 Å². The van der Waals surface area contributed by atoms with Gasteiger partial charge in [0, 0.05) is 23.1 Å². The maximum atomic E-state index is 12.7. The van der Waals surface area contributed by atoms with Gasteiger partial charge >= 0.3 is 5.97 Å². The van der Waals surface area contributed by atoms with Gasteiger partial charge in [-0.3, -0.25) is 4.79 Å². The fourth-order valence-corrected chi connectivity index (χ4v) is 7.20. The van der Waals surface area contributed by atoms with E-state index in [-0.39, 0.29) is 17.3 Å². The normalized spacial score (nSPS) is 25.9. The average molecular weight is 482 g/mol. The van der Waals surface area contributed by atoms with E-state index in [9.17, 15) is 9.59 Å². The highest BCUT2D eigenvalue weighted by Gasteiger charge is 2.51. The number of rotatable bonds is 6. The quantitative estimate of drug-likeness (QED) is 0.402. The fraction of sp³-hybridized carbons (Fsp3) is 0.367. The number of carbonyl (C=O) groups is 2. The molecule has 4 aliphatic rings. The lowest BCUT2D eigenvalue weighted by Crippen LogP contribution is -2.48. The van der Waals surface area contributed by atoms with E-state index >= 15 is 0 Å². The minimum atomic E-state index is -0.549. The number of aromatic nitrogens is 1. The molecule has 4 fully saturated rings. The van der Waals surface area contributed by atoms with Gasteiger partial charge < -0.3 is 15.4 Å². The van der Waals surface area contributed by atoms with Gasteiger partial charge in [-0.25, -0.2) is 9.78 Å². The number of esters is 1. The zero-order chi connectivity index (χ0) is 24.7. The number of nitrogens with one attached hydrogen (secondary N) is 2. The Hall–Kier alpha value is -3.67. The van der Waals surface area contributed by atoms with Crippen LogP contribution in [0.4, 0.5) is 17.2 Å². The predicted octanol–water partition coefficient (Wildman–Crippen LogP) is 6.33. The van der Waals surface area contributed by atoms with Gasteiger partial charge in [0.05, 0.1) is 7.11 Å². The van der Waals surface area contributed by atoms with E-state index in [1.807, 2.05) is 12.1 Å².